The summed E-state index contributed by atoms with van der Waals surface area (Å²) in [6.07, 6.45) is 0. The number of benzene rings is 3. The number of nitrogens with one attached hydrogen (secondary N) is 1. The Hall–Kier alpha value is -3.15. The van der Waals surface area contributed by atoms with Crippen molar-refractivity contribution in [3.05, 3.63) is 101 Å². The minimum absolute atomic E-state index is 0.335. The van der Waals surface area contributed by atoms with Gasteiger partial charge in [0.2, 0.25) is 17.7 Å². The van der Waals surface area contributed by atoms with Gasteiger partial charge in [0.25, 0.3) is 0 Å². The molecule has 1 aliphatic heterocycles. The minimum atomic E-state index is -1.27. The molecule has 188 valence electrons. The van der Waals surface area contributed by atoms with E-state index in [1.807, 2.05) is 87.5 Å². The SMILES string of the molecule is Cc1cccc(NC(=O)[C@H](C(C)C)N2C(=O)[C@@H]3[C@@H](C2=O)C2(Cl)c4ccccc4C3(Cl)c3ccccc32)c1. The van der Waals surface area contributed by atoms with Crippen LogP contribution in [0.5, 0.6) is 0 Å². The Balaban J connectivity index is 1.49. The first-order chi connectivity index (χ1) is 17.6. The zero-order valence-electron chi connectivity index (χ0n) is 20.7. The summed E-state index contributed by atoms with van der Waals surface area (Å²) >= 11 is 15.0. The average Bonchev–Trinajstić information content (AvgIpc) is 3.14. The first-order valence-electron chi connectivity index (χ1n) is 12.4. The van der Waals surface area contributed by atoms with Gasteiger partial charge in [-0.25, -0.2) is 0 Å². The van der Waals surface area contributed by atoms with Gasteiger partial charge in [-0.1, -0.05) is 74.5 Å². The molecule has 7 heteroatoms. The van der Waals surface area contributed by atoms with Gasteiger partial charge in [0, 0.05) is 5.69 Å². The van der Waals surface area contributed by atoms with E-state index in [4.69, 9.17) is 23.2 Å². The van der Waals surface area contributed by atoms with E-state index in [9.17, 15) is 14.4 Å². The Kier molecular flexibility index (Phi) is 5.35. The zero-order chi connectivity index (χ0) is 26.3. The van der Waals surface area contributed by atoms with E-state index in [0.29, 0.717) is 5.69 Å². The fourth-order valence-corrected chi connectivity index (χ4v) is 7.72. The molecular formula is C30H26Cl2N2O3. The van der Waals surface area contributed by atoms with Crippen molar-refractivity contribution in [2.24, 2.45) is 17.8 Å². The standard InChI is InChI=1S/C30H26Cl2N2O3/c1-16(2)25(26(35)33-18-10-8-9-17(3)15-18)34-27(36)23-24(28(34)37)30(32)20-12-5-4-11-19(20)29(23,31)21-13-6-7-14-22(21)30/h4-16,23-25H,1-3H3,(H,33,35)/t23-,24-,25-,29?,30?/m0/s1. The maximum Gasteiger partial charge on any atom is 0.247 e. The third-order valence-electron chi connectivity index (χ3n) is 8.08. The monoisotopic (exact) mass is 532 g/mol. The van der Waals surface area contributed by atoms with Crippen molar-refractivity contribution >= 4 is 46.6 Å². The number of hydrogen-bond acceptors (Lipinski definition) is 3. The predicted octanol–water partition coefficient (Wildman–Crippen LogP) is 5.55. The van der Waals surface area contributed by atoms with Crippen molar-refractivity contribution in [1.29, 1.82) is 0 Å². The van der Waals surface area contributed by atoms with Crippen LogP contribution < -0.4 is 5.32 Å². The van der Waals surface area contributed by atoms with Crippen molar-refractivity contribution in [3.63, 3.8) is 0 Å². The third-order valence-corrected chi connectivity index (χ3v) is 9.37. The summed E-state index contributed by atoms with van der Waals surface area (Å²) in [5, 5.41) is 2.90. The lowest BCUT2D eigenvalue weighted by atomic mass is 9.54. The number of carbonyl (C=O) groups excluding carboxylic acids is 3. The van der Waals surface area contributed by atoms with Crippen molar-refractivity contribution < 1.29 is 14.4 Å². The van der Waals surface area contributed by atoms with Gasteiger partial charge >= 0.3 is 0 Å². The molecule has 0 saturated carbocycles. The first-order valence-corrected chi connectivity index (χ1v) is 13.2. The Morgan fingerprint density at radius 1 is 0.811 bits per heavy atom. The Morgan fingerprint density at radius 2 is 1.27 bits per heavy atom. The number of aryl methyl sites for hydroxylation is 1. The molecule has 3 atom stereocenters. The van der Waals surface area contributed by atoms with Gasteiger partial charge in [-0.05, 0) is 52.8 Å². The first kappa shape index (κ1) is 24.2. The van der Waals surface area contributed by atoms with Crippen LogP contribution in [0.2, 0.25) is 0 Å². The number of nitrogens with zero attached hydrogens (tertiary/aromatic N) is 1. The summed E-state index contributed by atoms with van der Waals surface area (Å²) in [6, 6.07) is 21.4. The van der Waals surface area contributed by atoms with E-state index in [0.717, 1.165) is 32.7 Å². The van der Waals surface area contributed by atoms with Crippen molar-refractivity contribution in [2.75, 3.05) is 5.32 Å². The molecule has 4 aliphatic rings. The minimum Gasteiger partial charge on any atom is -0.324 e. The van der Waals surface area contributed by atoms with Crippen LogP contribution in [-0.2, 0) is 24.1 Å². The van der Waals surface area contributed by atoms with E-state index < -0.39 is 45.3 Å². The van der Waals surface area contributed by atoms with Crippen LogP contribution in [0.25, 0.3) is 0 Å². The molecule has 1 heterocycles. The molecule has 1 fully saturated rings. The molecule has 5 nitrogen and oxygen atoms in total. The Morgan fingerprint density at radius 3 is 1.68 bits per heavy atom. The summed E-state index contributed by atoms with van der Waals surface area (Å²) in [7, 11) is 0. The molecule has 37 heavy (non-hydrogen) atoms. The summed E-state index contributed by atoms with van der Waals surface area (Å²) in [6.45, 7) is 5.58. The number of carbonyl (C=O) groups is 3. The zero-order valence-corrected chi connectivity index (χ0v) is 22.2. The summed E-state index contributed by atoms with van der Waals surface area (Å²) in [4.78, 5) is 40.7. The Bertz CT molecular complexity index is 1360. The van der Waals surface area contributed by atoms with E-state index in [2.05, 4.69) is 5.32 Å². The second kappa shape index (κ2) is 8.17. The number of imide groups is 1. The molecule has 0 spiro atoms. The molecule has 0 radical (unpaired) electrons. The lowest BCUT2D eigenvalue weighted by Gasteiger charge is -2.54. The molecule has 0 unspecified atom stereocenters. The average molecular weight is 533 g/mol. The topological polar surface area (TPSA) is 66.5 Å². The van der Waals surface area contributed by atoms with Crippen LogP contribution >= 0.6 is 23.2 Å². The molecule has 3 aromatic carbocycles. The van der Waals surface area contributed by atoms with Crippen molar-refractivity contribution in [3.8, 4) is 0 Å². The number of anilines is 1. The Labute approximate surface area is 225 Å². The third kappa shape index (κ3) is 3.07. The summed E-state index contributed by atoms with van der Waals surface area (Å²) in [5.74, 6) is -3.54. The quantitative estimate of drug-likeness (QED) is 0.353. The van der Waals surface area contributed by atoms with Gasteiger partial charge in [0.05, 0.1) is 11.8 Å². The van der Waals surface area contributed by atoms with E-state index in [-0.39, 0.29) is 5.92 Å². The molecule has 7 rings (SSSR count). The van der Waals surface area contributed by atoms with Gasteiger partial charge in [-0.2, -0.15) is 0 Å². The maximum absolute atomic E-state index is 14.2. The molecule has 0 aromatic heterocycles. The van der Waals surface area contributed by atoms with Crippen LogP contribution in [0.3, 0.4) is 0 Å². The molecular weight excluding hydrogens is 507 g/mol. The molecule has 3 amide bonds. The van der Waals surface area contributed by atoms with Crippen LogP contribution in [0.15, 0.2) is 72.8 Å². The predicted molar refractivity (Wildman–Crippen MR) is 143 cm³/mol. The van der Waals surface area contributed by atoms with Gasteiger partial charge < -0.3 is 5.32 Å². The lowest BCUT2D eigenvalue weighted by molar-refractivity contribution is -0.148. The van der Waals surface area contributed by atoms with Gasteiger partial charge in [0.15, 0.2) is 0 Å². The van der Waals surface area contributed by atoms with Crippen LogP contribution in [-0.4, -0.2) is 28.7 Å². The van der Waals surface area contributed by atoms with Gasteiger partial charge in [0.1, 0.15) is 15.8 Å². The second-order valence-electron chi connectivity index (χ2n) is 10.6. The highest BCUT2D eigenvalue weighted by atomic mass is 35.5. The van der Waals surface area contributed by atoms with Crippen molar-refractivity contribution in [2.45, 2.75) is 36.6 Å². The number of alkyl halides is 2. The molecule has 3 aromatic rings. The normalized spacial score (nSPS) is 28.1. The highest BCUT2D eigenvalue weighted by molar-refractivity contribution is 6.36. The number of halogens is 2. The molecule has 3 aliphatic carbocycles. The van der Waals surface area contributed by atoms with Crippen LogP contribution in [0.1, 0.15) is 41.7 Å². The van der Waals surface area contributed by atoms with E-state index >= 15 is 0 Å². The maximum atomic E-state index is 14.2. The number of rotatable bonds is 4. The highest BCUT2D eigenvalue weighted by Gasteiger charge is 2.73. The van der Waals surface area contributed by atoms with Gasteiger partial charge in [-0.3, -0.25) is 19.3 Å². The van der Waals surface area contributed by atoms with Crippen molar-refractivity contribution in [1.82, 2.24) is 4.90 Å². The van der Waals surface area contributed by atoms with Gasteiger partial charge in [-0.15, -0.1) is 23.2 Å². The van der Waals surface area contributed by atoms with E-state index in [1.165, 1.54) is 0 Å². The largest absolute Gasteiger partial charge is 0.324 e. The number of likely N-dealkylation sites (tertiary alicyclic amines) is 1. The fraction of sp³-hybridized carbons (Fsp3) is 0.300. The fourth-order valence-electron chi connectivity index (χ4n) is 6.62. The van der Waals surface area contributed by atoms with Crippen LogP contribution in [0, 0.1) is 24.7 Å². The summed E-state index contributed by atoms with van der Waals surface area (Å²) < 4.78 is 0. The highest BCUT2D eigenvalue weighted by Crippen LogP contribution is 2.69. The van der Waals surface area contributed by atoms with Crippen LogP contribution in [0.4, 0.5) is 5.69 Å². The molecule has 1 saturated heterocycles. The summed E-state index contributed by atoms with van der Waals surface area (Å²) in [5.41, 5.74) is 4.54. The van der Waals surface area contributed by atoms with E-state index in [1.54, 1.807) is 6.07 Å². The number of hydrogen-bond donors (Lipinski definition) is 1. The molecule has 2 bridgehead atoms. The molecule has 1 N–H and O–H groups in total. The lowest BCUT2D eigenvalue weighted by Crippen LogP contribution is -2.57. The second-order valence-corrected chi connectivity index (χ2v) is 11.8. The smallest absolute Gasteiger partial charge is 0.247 e. The number of amides is 3.